The van der Waals surface area contributed by atoms with Crippen LogP contribution in [-0.4, -0.2) is 26.5 Å². The van der Waals surface area contributed by atoms with Gasteiger partial charge in [0.15, 0.2) is 0 Å². The maximum atomic E-state index is 13.5. The lowest BCUT2D eigenvalue weighted by Gasteiger charge is -2.37. The zero-order valence-corrected chi connectivity index (χ0v) is 19.3. The first-order valence-corrected chi connectivity index (χ1v) is 13.1. The average molecular weight is 472 g/mol. The number of nitrogens with one attached hydrogen (secondary N) is 1. The van der Waals surface area contributed by atoms with Crippen molar-refractivity contribution in [2.75, 3.05) is 5.32 Å². The van der Waals surface area contributed by atoms with Gasteiger partial charge >= 0.3 is 6.16 Å². The summed E-state index contributed by atoms with van der Waals surface area (Å²) in [7, 11) is 0. The first-order chi connectivity index (χ1) is 15.6. The van der Waals surface area contributed by atoms with E-state index in [9.17, 15) is 14.7 Å². The standard InChI is InChI=1S/C23H25N3O4S2/c27-20(16-11-5-7-12(8-6-11)18(16)30-23(28)29)25-21-17(14-3-1-2-4-15(14)31-21)22-24-19(26-32-22)13-9-10-13/h11-13H,1-10H2,(H,25,27)(H,28,29). The summed E-state index contributed by atoms with van der Waals surface area (Å²) in [6.45, 7) is 0. The molecule has 7 nitrogen and oxygen atoms in total. The Bertz CT molecular complexity index is 1120. The molecule has 5 aliphatic carbocycles. The Hall–Kier alpha value is -2.26. The van der Waals surface area contributed by atoms with Crippen LogP contribution in [0.15, 0.2) is 11.3 Å². The molecule has 9 heteroatoms. The fourth-order valence-electron chi connectivity index (χ4n) is 5.49. The molecule has 0 radical (unpaired) electrons. The largest absolute Gasteiger partial charge is 0.511 e. The number of aryl methyl sites for hydroxylation is 1. The van der Waals surface area contributed by atoms with E-state index in [1.807, 2.05) is 0 Å². The zero-order valence-electron chi connectivity index (χ0n) is 17.7. The number of rotatable bonds is 5. The smallest absolute Gasteiger partial charge is 0.449 e. The molecule has 0 aliphatic heterocycles. The van der Waals surface area contributed by atoms with Crippen molar-refractivity contribution >= 4 is 39.9 Å². The first-order valence-electron chi connectivity index (χ1n) is 11.5. The van der Waals surface area contributed by atoms with Crippen LogP contribution in [0.3, 0.4) is 0 Å². The molecule has 2 aromatic rings. The van der Waals surface area contributed by atoms with Crippen LogP contribution in [0.25, 0.3) is 10.6 Å². The van der Waals surface area contributed by atoms with Gasteiger partial charge in [0.2, 0.25) is 0 Å². The second-order valence-electron chi connectivity index (χ2n) is 9.30. The van der Waals surface area contributed by atoms with Crippen LogP contribution in [0.2, 0.25) is 0 Å². The van der Waals surface area contributed by atoms with Gasteiger partial charge in [0.25, 0.3) is 5.91 Å². The SMILES string of the molecule is O=C(O)OC1=C(C(=O)Nc2sc3c(c2-c2nc(C4CC4)ns2)CCCC3)C2CCC1CC2. The van der Waals surface area contributed by atoms with Crippen molar-refractivity contribution in [1.29, 1.82) is 0 Å². The lowest BCUT2D eigenvalue weighted by Crippen LogP contribution is -2.34. The van der Waals surface area contributed by atoms with Crippen LogP contribution >= 0.6 is 22.9 Å². The number of nitrogens with zero attached hydrogens (tertiary/aromatic N) is 2. The number of carbonyl (C=O) groups excluding carboxylic acids is 1. The van der Waals surface area contributed by atoms with E-state index in [4.69, 9.17) is 9.72 Å². The Kier molecular flexibility index (Phi) is 5.06. The van der Waals surface area contributed by atoms with Gasteiger partial charge in [-0.25, -0.2) is 9.78 Å². The van der Waals surface area contributed by atoms with Gasteiger partial charge in [-0.2, -0.15) is 4.37 Å². The van der Waals surface area contributed by atoms with Gasteiger partial charge in [-0.3, -0.25) is 4.79 Å². The molecule has 0 unspecified atom stereocenters. The Balaban J connectivity index is 1.37. The van der Waals surface area contributed by atoms with Gasteiger partial charge < -0.3 is 15.2 Å². The molecule has 32 heavy (non-hydrogen) atoms. The molecule has 2 heterocycles. The van der Waals surface area contributed by atoms with E-state index < -0.39 is 6.16 Å². The van der Waals surface area contributed by atoms with Crippen molar-refractivity contribution in [1.82, 2.24) is 9.36 Å². The quantitative estimate of drug-likeness (QED) is 0.540. The molecule has 2 aromatic heterocycles. The van der Waals surface area contributed by atoms with E-state index in [-0.39, 0.29) is 17.7 Å². The molecule has 2 N–H and O–H groups in total. The number of carbonyl (C=O) groups is 2. The van der Waals surface area contributed by atoms with Gasteiger partial charge in [0.1, 0.15) is 21.6 Å². The minimum atomic E-state index is -1.34. The van der Waals surface area contributed by atoms with E-state index in [0.29, 0.717) is 17.3 Å². The van der Waals surface area contributed by atoms with Crippen molar-refractivity contribution in [2.45, 2.75) is 70.1 Å². The maximum Gasteiger partial charge on any atom is 0.511 e. The summed E-state index contributed by atoms with van der Waals surface area (Å²) in [5.74, 6) is 1.66. The maximum absolute atomic E-state index is 13.5. The number of amides is 1. The monoisotopic (exact) mass is 471 g/mol. The third kappa shape index (κ3) is 3.55. The van der Waals surface area contributed by atoms with Crippen molar-refractivity contribution < 1.29 is 19.4 Å². The summed E-state index contributed by atoms with van der Waals surface area (Å²) < 4.78 is 9.74. The molecule has 2 saturated carbocycles. The molecule has 1 amide bonds. The van der Waals surface area contributed by atoms with E-state index in [1.165, 1.54) is 22.0 Å². The van der Waals surface area contributed by atoms with Gasteiger partial charge in [0, 0.05) is 16.7 Å². The Morgan fingerprint density at radius 1 is 1.00 bits per heavy atom. The Morgan fingerprint density at radius 2 is 1.72 bits per heavy atom. The number of allylic oxidation sites excluding steroid dienone is 1. The summed E-state index contributed by atoms with van der Waals surface area (Å²) in [5.41, 5.74) is 2.86. The number of ether oxygens (including phenoxy) is 1. The summed E-state index contributed by atoms with van der Waals surface area (Å²) in [6, 6.07) is 0. The second kappa shape index (κ2) is 7.95. The molecule has 0 aromatic carbocycles. The van der Waals surface area contributed by atoms with Crippen molar-refractivity contribution in [2.24, 2.45) is 11.8 Å². The highest BCUT2D eigenvalue weighted by atomic mass is 32.1. The van der Waals surface area contributed by atoms with Gasteiger partial charge in [0.05, 0.1) is 11.1 Å². The fraction of sp³-hybridized carbons (Fsp3) is 0.565. The molecule has 7 rings (SSSR count). The molecular formula is C23H25N3O4S2. The van der Waals surface area contributed by atoms with Crippen LogP contribution in [0, 0.1) is 11.8 Å². The van der Waals surface area contributed by atoms with Crippen LogP contribution in [-0.2, 0) is 22.4 Å². The molecule has 0 spiro atoms. The molecule has 2 bridgehead atoms. The zero-order chi connectivity index (χ0) is 21.8. The molecule has 5 aliphatic rings. The summed E-state index contributed by atoms with van der Waals surface area (Å²) in [5, 5.41) is 14.1. The van der Waals surface area contributed by atoms with Crippen molar-refractivity contribution in [3.05, 3.63) is 27.6 Å². The number of hydrogen-bond donors (Lipinski definition) is 2. The van der Waals surface area contributed by atoms with Crippen LogP contribution in [0.1, 0.15) is 73.5 Å². The topological polar surface area (TPSA) is 101 Å². The number of hydrogen-bond acceptors (Lipinski definition) is 7. The lowest BCUT2D eigenvalue weighted by molar-refractivity contribution is -0.114. The average Bonchev–Trinajstić information content (AvgIpc) is 3.41. The van der Waals surface area contributed by atoms with E-state index in [1.54, 1.807) is 11.3 Å². The number of anilines is 1. The lowest BCUT2D eigenvalue weighted by atomic mass is 9.70. The fourth-order valence-corrected chi connectivity index (χ4v) is 7.66. The van der Waals surface area contributed by atoms with E-state index in [0.717, 1.165) is 85.6 Å². The highest BCUT2D eigenvalue weighted by molar-refractivity contribution is 7.18. The third-order valence-corrected chi connectivity index (χ3v) is 9.16. The number of aromatic nitrogens is 2. The number of fused-ring (bicyclic) bond motifs is 3. The van der Waals surface area contributed by atoms with Gasteiger partial charge in [-0.05, 0) is 87.2 Å². The van der Waals surface area contributed by atoms with Crippen molar-refractivity contribution in [3.8, 4) is 10.6 Å². The normalized spacial score (nSPS) is 24.4. The molecule has 2 fully saturated rings. The summed E-state index contributed by atoms with van der Waals surface area (Å²) >= 11 is 3.07. The predicted octanol–water partition coefficient (Wildman–Crippen LogP) is 5.73. The van der Waals surface area contributed by atoms with E-state index >= 15 is 0 Å². The van der Waals surface area contributed by atoms with Crippen LogP contribution in [0.4, 0.5) is 9.80 Å². The van der Waals surface area contributed by atoms with E-state index in [2.05, 4.69) is 9.69 Å². The molecule has 0 atom stereocenters. The number of thiophene rings is 1. The van der Waals surface area contributed by atoms with Crippen LogP contribution in [0.5, 0.6) is 0 Å². The van der Waals surface area contributed by atoms with Crippen molar-refractivity contribution in [3.63, 3.8) is 0 Å². The van der Waals surface area contributed by atoms with Gasteiger partial charge in [-0.1, -0.05) is 0 Å². The highest BCUT2D eigenvalue weighted by Gasteiger charge is 2.41. The van der Waals surface area contributed by atoms with Gasteiger partial charge in [-0.15, -0.1) is 11.3 Å². The Labute approximate surface area is 194 Å². The molecule has 0 saturated heterocycles. The predicted molar refractivity (Wildman–Crippen MR) is 122 cm³/mol. The number of carboxylic acid groups (broad SMARTS) is 1. The third-order valence-electron chi connectivity index (χ3n) is 7.21. The summed E-state index contributed by atoms with van der Waals surface area (Å²) in [6.07, 6.45) is 8.90. The molecule has 168 valence electrons. The highest BCUT2D eigenvalue weighted by Crippen LogP contribution is 2.49. The second-order valence-corrected chi connectivity index (χ2v) is 11.2. The minimum Gasteiger partial charge on any atom is -0.449 e. The first kappa shape index (κ1) is 20.4. The minimum absolute atomic E-state index is 0.0251. The molecular weight excluding hydrogens is 446 g/mol. The Morgan fingerprint density at radius 3 is 2.47 bits per heavy atom. The van der Waals surface area contributed by atoms with Crippen LogP contribution < -0.4 is 5.32 Å². The summed E-state index contributed by atoms with van der Waals surface area (Å²) in [4.78, 5) is 31.0.